The van der Waals surface area contributed by atoms with Gasteiger partial charge in [0.05, 0.1) is 5.69 Å². The van der Waals surface area contributed by atoms with Gasteiger partial charge in [-0.15, -0.1) is 0 Å². The van der Waals surface area contributed by atoms with Crippen molar-refractivity contribution in [2.75, 3.05) is 10.5 Å². The lowest BCUT2D eigenvalue weighted by Crippen LogP contribution is -2.17. The summed E-state index contributed by atoms with van der Waals surface area (Å²) in [5, 5.41) is 0. The van der Waals surface area contributed by atoms with E-state index in [0.717, 1.165) is 18.2 Å². The van der Waals surface area contributed by atoms with Gasteiger partial charge < -0.3 is 5.73 Å². The quantitative estimate of drug-likeness (QED) is 0.855. The Kier molecular flexibility index (Phi) is 3.82. The number of halogens is 3. The second-order valence-corrected chi connectivity index (χ2v) is 5.99. The number of anilines is 2. The lowest BCUT2D eigenvalue weighted by Gasteiger charge is -2.12. The Labute approximate surface area is 119 Å². The predicted octanol–water partition coefficient (Wildman–Crippen LogP) is 2.80. The van der Waals surface area contributed by atoms with Gasteiger partial charge >= 0.3 is 0 Å². The summed E-state index contributed by atoms with van der Waals surface area (Å²) in [7, 11) is -4.42. The van der Waals surface area contributed by atoms with Gasteiger partial charge in [-0.05, 0) is 36.8 Å². The molecule has 2 aromatic carbocycles. The maximum absolute atomic E-state index is 13.8. The summed E-state index contributed by atoms with van der Waals surface area (Å²) in [6.07, 6.45) is 0. The van der Waals surface area contributed by atoms with E-state index in [4.69, 9.17) is 5.73 Å². The zero-order valence-corrected chi connectivity index (χ0v) is 11.6. The molecule has 8 heteroatoms. The number of rotatable bonds is 3. The molecule has 0 amide bonds. The van der Waals surface area contributed by atoms with Crippen molar-refractivity contribution in [3.63, 3.8) is 0 Å². The Hall–Kier alpha value is -2.22. The molecule has 3 N–H and O–H groups in total. The average molecular weight is 316 g/mol. The minimum atomic E-state index is -4.42. The first-order valence-corrected chi connectivity index (χ1v) is 7.23. The maximum atomic E-state index is 13.8. The van der Waals surface area contributed by atoms with Crippen LogP contribution in [0.5, 0.6) is 0 Å². The largest absolute Gasteiger partial charge is 0.398 e. The van der Waals surface area contributed by atoms with E-state index in [1.54, 1.807) is 4.72 Å². The Morgan fingerprint density at radius 2 is 1.76 bits per heavy atom. The predicted molar refractivity (Wildman–Crippen MR) is 72.7 cm³/mol. The SMILES string of the molecule is Cc1ccc(F)c(NS(=O)(=O)c2cc(F)ccc2N)c1F. The van der Waals surface area contributed by atoms with E-state index in [1.165, 1.54) is 13.0 Å². The molecule has 0 saturated carbocycles. The number of nitrogens with two attached hydrogens (primary N) is 1. The second kappa shape index (κ2) is 5.28. The van der Waals surface area contributed by atoms with Crippen LogP contribution in [-0.2, 0) is 10.0 Å². The first-order chi connectivity index (χ1) is 9.72. The van der Waals surface area contributed by atoms with Crippen LogP contribution in [0.25, 0.3) is 0 Å². The summed E-state index contributed by atoms with van der Waals surface area (Å²) in [6.45, 7) is 1.35. The highest BCUT2D eigenvalue weighted by molar-refractivity contribution is 7.92. The van der Waals surface area contributed by atoms with Crippen LogP contribution in [-0.4, -0.2) is 8.42 Å². The summed E-state index contributed by atoms with van der Waals surface area (Å²) >= 11 is 0. The van der Waals surface area contributed by atoms with E-state index in [-0.39, 0.29) is 11.3 Å². The number of aryl methyl sites for hydroxylation is 1. The molecule has 0 unspecified atom stereocenters. The third-order valence-electron chi connectivity index (χ3n) is 2.79. The van der Waals surface area contributed by atoms with Gasteiger partial charge in [0.25, 0.3) is 10.0 Å². The van der Waals surface area contributed by atoms with Crippen LogP contribution in [0.4, 0.5) is 24.5 Å². The summed E-state index contributed by atoms with van der Waals surface area (Å²) in [4.78, 5) is -0.595. The average Bonchev–Trinajstić information content (AvgIpc) is 2.42. The molecule has 2 rings (SSSR count). The number of nitrogens with one attached hydrogen (secondary N) is 1. The molecule has 0 bridgehead atoms. The van der Waals surface area contributed by atoms with Crippen molar-refractivity contribution in [3.8, 4) is 0 Å². The highest BCUT2D eigenvalue weighted by Gasteiger charge is 2.22. The van der Waals surface area contributed by atoms with Gasteiger partial charge in [-0.25, -0.2) is 21.6 Å². The Morgan fingerprint density at radius 1 is 1.10 bits per heavy atom. The van der Waals surface area contributed by atoms with E-state index in [9.17, 15) is 21.6 Å². The molecule has 0 fully saturated rings. The number of hydrogen-bond acceptors (Lipinski definition) is 3. The monoisotopic (exact) mass is 316 g/mol. The fourth-order valence-corrected chi connectivity index (χ4v) is 2.89. The van der Waals surface area contributed by atoms with Gasteiger partial charge in [-0.3, -0.25) is 4.72 Å². The van der Waals surface area contributed by atoms with Gasteiger partial charge in [0.1, 0.15) is 22.2 Å². The molecule has 112 valence electrons. The molecular weight excluding hydrogens is 305 g/mol. The van der Waals surface area contributed by atoms with E-state index < -0.39 is 38.1 Å². The van der Waals surface area contributed by atoms with Crippen molar-refractivity contribution in [1.29, 1.82) is 0 Å². The molecule has 0 radical (unpaired) electrons. The molecule has 0 aliphatic heterocycles. The third kappa shape index (κ3) is 2.94. The topological polar surface area (TPSA) is 72.2 Å². The second-order valence-electron chi connectivity index (χ2n) is 4.34. The number of hydrogen-bond donors (Lipinski definition) is 2. The molecule has 2 aromatic rings. The van der Waals surface area contributed by atoms with Crippen LogP contribution in [0.3, 0.4) is 0 Å². The number of benzene rings is 2. The fraction of sp³-hybridized carbons (Fsp3) is 0.0769. The van der Waals surface area contributed by atoms with Crippen LogP contribution < -0.4 is 10.5 Å². The van der Waals surface area contributed by atoms with Crippen molar-refractivity contribution in [2.24, 2.45) is 0 Å². The van der Waals surface area contributed by atoms with Crippen LogP contribution in [0, 0.1) is 24.4 Å². The first kappa shape index (κ1) is 15.2. The standard InChI is InChI=1S/C13H11F3N2O2S/c1-7-2-4-9(15)13(12(7)16)18-21(19,20)11-6-8(14)3-5-10(11)17/h2-6,18H,17H2,1H3. The van der Waals surface area contributed by atoms with Gasteiger partial charge in [-0.1, -0.05) is 6.07 Å². The van der Waals surface area contributed by atoms with Crippen molar-refractivity contribution in [1.82, 2.24) is 0 Å². The molecule has 0 saturated heterocycles. The van der Waals surface area contributed by atoms with Gasteiger partial charge in [0, 0.05) is 0 Å². The zero-order valence-electron chi connectivity index (χ0n) is 10.8. The molecule has 0 aromatic heterocycles. The van der Waals surface area contributed by atoms with Crippen LogP contribution >= 0.6 is 0 Å². The third-order valence-corrected chi connectivity index (χ3v) is 4.19. The molecular formula is C13H11F3N2O2S. The Bertz CT molecular complexity index is 807. The summed E-state index contributed by atoms with van der Waals surface area (Å²) in [5.41, 5.74) is 4.45. The Morgan fingerprint density at radius 3 is 2.43 bits per heavy atom. The molecule has 0 spiro atoms. The lowest BCUT2D eigenvalue weighted by molar-refractivity contribution is 0.578. The summed E-state index contributed by atoms with van der Waals surface area (Å²) in [6, 6.07) is 4.78. The van der Waals surface area contributed by atoms with E-state index in [2.05, 4.69) is 0 Å². The smallest absolute Gasteiger partial charge is 0.264 e. The highest BCUT2D eigenvalue weighted by Crippen LogP contribution is 2.27. The van der Waals surface area contributed by atoms with E-state index >= 15 is 0 Å². The van der Waals surface area contributed by atoms with Crippen molar-refractivity contribution in [3.05, 3.63) is 53.3 Å². The van der Waals surface area contributed by atoms with Gasteiger partial charge in [-0.2, -0.15) is 0 Å². The first-order valence-electron chi connectivity index (χ1n) is 5.75. The van der Waals surface area contributed by atoms with Gasteiger partial charge in [0.15, 0.2) is 5.82 Å². The van der Waals surface area contributed by atoms with Crippen LogP contribution in [0.15, 0.2) is 35.2 Å². The number of sulfonamides is 1. The summed E-state index contributed by atoms with van der Waals surface area (Å²) in [5.74, 6) is -2.97. The highest BCUT2D eigenvalue weighted by atomic mass is 32.2. The zero-order chi connectivity index (χ0) is 15.8. The number of nitrogen functional groups attached to an aromatic ring is 1. The molecule has 0 aliphatic carbocycles. The molecule has 4 nitrogen and oxygen atoms in total. The van der Waals surface area contributed by atoms with E-state index in [1.807, 2.05) is 0 Å². The van der Waals surface area contributed by atoms with Crippen LogP contribution in [0.2, 0.25) is 0 Å². The van der Waals surface area contributed by atoms with E-state index in [0.29, 0.717) is 6.07 Å². The minimum Gasteiger partial charge on any atom is -0.398 e. The van der Waals surface area contributed by atoms with Crippen molar-refractivity contribution in [2.45, 2.75) is 11.8 Å². The Balaban J connectivity index is 2.53. The van der Waals surface area contributed by atoms with Crippen LogP contribution in [0.1, 0.15) is 5.56 Å². The molecule has 21 heavy (non-hydrogen) atoms. The minimum absolute atomic E-state index is 0.0568. The maximum Gasteiger partial charge on any atom is 0.264 e. The molecule has 0 aliphatic rings. The van der Waals surface area contributed by atoms with Gasteiger partial charge in [0.2, 0.25) is 0 Å². The van der Waals surface area contributed by atoms with Crippen molar-refractivity contribution < 1.29 is 21.6 Å². The lowest BCUT2D eigenvalue weighted by atomic mass is 10.2. The fourth-order valence-electron chi connectivity index (χ4n) is 1.68. The summed E-state index contributed by atoms with van der Waals surface area (Å²) < 4.78 is 66.5. The van der Waals surface area contributed by atoms with Crippen molar-refractivity contribution >= 4 is 21.4 Å². The normalized spacial score (nSPS) is 11.4. The molecule has 0 heterocycles. The molecule has 0 atom stereocenters.